The molecule has 50 valence electrons. The van der Waals surface area contributed by atoms with E-state index in [1.54, 1.807) is 0 Å². The molecule has 0 aromatic rings. The molecule has 0 heterocycles. The van der Waals surface area contributed by atoms with Gasteiger partial charge in [-0.2, -0.15) is 0 Å². The van der Waals surface area contributed by atoms with Crippen molar-refractivity contribution >= 4 is 5.91 Å². The number of nitrogens with two attached hydrogens (primary N) is 1. The Morgan fingerprint density at radius 3 is 2.67 bits per heavy atom. The minimum Gasteiger partial charge on any atom is -0.369 e. The molecule has 0 saturated carbocycles. The molecule has 2 N–H and O–H groups in total. The first kappa shape index (κ1) is 6.33. The van der Waals surface area contributed by atoms with Gasteiger partial charge in [0, 0.05) is 5.92 Å². The van der Waals surface area contributed by atoms with E-state index in [2.05, 4.69) is 6.08 Å². The summed E-state index contributed by atoms with van der Waals surface area (Å²) < 4.78 is 0. The largest absolute Gasteiger partial charge is 0.369 e. The smallest absolute Gasteiger partial charge is 0.220 e. The number of amides is 1. The summed E-state index contributed by atoms with van der Waals surface area (Å²) >= 11 is 0. The van der Waals surface area contributed by atoms with Crippen LogP contribution >= 0.6 is 0 Å². The maximum atomic E-state index is 10.5. The van der Waals surface area contributed by atoms with Crippen molar-refractivity contribution in [3.63, 3.8) is 0 Å². The van der Waals surface area contributed by atoms with Crippen molar-refractivity contribution in [2.75, 3.05) is 0 Å². The van der Waals surface area contributed by atoms with Crippen LogP contribution in [0.15, 0.2) is 12.2 Å². The van der Waals surface area contributed by atoms with Gasteiger partial charge in [-0.15, -0.1) is 0 Å². The van der Waals surface area contributed by atoms with Crippen LogP contribution < -0.4 is 5.73 Å². The lowest BCUT2D eigenvalue weighted by atomic mass is 9.94. The van der Waals surface area contributed by atoms with E-state index >= 15 is 0 Å². The van der Waals surface area contributed by atoms with Gasteiger partial charge in [0.2, 0.25) is 5.91 Å². The maximum Gasteiger partial charge on any atom is 0.220 e. The molecular formula is C7H11NO. The first-order valence-corrected chi connectivity index (χ1v) is 3.25. The predicted octanol–water partition coefficient (Wildman–Crippen LogP) is 0.828. The Hall–Kier alpha value is -0.790. The second kappa shape index (κ2) is 2.67. The molecular weight excluding hydrogens is 114 g/mol. The molecule has 1 aliphatic rings. The predicted molar refractivity (Wildman–Crippen MR) is 35.7 cm³/mol. The molecule has 0 aromatic heterocycles. The minimum absolute atomic E-state index is 0.106. The van der Waals surface area contributed by atoms with Gasteiger partial charge in [0.25, 0.3) is 0 Å². The van der Waals surface area contributed by atoms with Crippen LogP contribution in [0.3, 0.4) is 0 Å². The summed E-state index contributed by atoms with van der Waals surface area (Å²) in [6, 6.07) is 0. The summed E-state index contributed by atoms with van der Waals surface area (Å²) in [6.45, 7) is 0. The zero-order chi connectivity index (χ0) is 6.69. The Morgan fingerprint density at radius 2 is 2.33 bits per heavy atom. The molecule has 0 fully saturated rings. The Balaban J connectivity index is 2.44. The summed E-state index contributed by atoms with van der Waals surface area (Å²) in [5.41, 5.74) is 5.09. The van der Waals surface area contributed by atoms with Crippen LogP contribution in [0.25, 0.3) is 0 Å². The summed E-state index contributed by atoms with van der Waals surface area (Å²) in [5.74, 6) is -0.0469. The molecule has 0 unspecified atom stereocenters. The van der Waals surface area contributed by atoms with E-state index in [0.717, 1.165) is 19.3 Å². The quantitative estimate of drug-likeness (QED) is 0.518. The van der Waals surface area contributed by atoms with E-state index in [0.29, 0.717) is 0 Å². The van der Waals surface area contributed by atoms with Gasteiger partial charge >= 0.3 is 0 Å². The topological polar surface area (TPSA) is 43.1 Å². The number of primary amides is 1. The van der Waals surface area contributed by atoms with Gasteiger partial charge in [0.15, 0.2) is 0 Å². The molecule has 0 aromatic carbocycles. The third-order valence-corrected chi connectivity index (χ3v) is 1.67. The highest BCUT2D eigenvalue weighted by Crippen LogP contribution is 2.16. The Kier molecular flexibility index (Phi) is 1.88. The number of carbonyl (C=O) groups excluding carboxylic acids is 1. The average Bonchev–Trinajstić information content (AvgIpc) is 1.90. The maximum absolute atomic E-state index is 10.5. The third kappa shape index (κ3) is 1.56. The third-order valence-electron chi connectivity index (χ3n) is 1.67. The standard InChI is InChI=1S/C7H11NO/c8-7(9)6-4-2-1-3-5-6/h1-2,6H,3-5H2,(H2,8,9)/t6-/m1/s1. The van der Waals surface area contributed by atoms with E-state index in [4.69, 9.17) is 5.73 Å². The van der Waals surface area contributed by atoms with Crippen molar-refractivity contribution in [3.05, 3.63) is 12.2 Å². The van der Waals surface area contributed by atoms with Crippen molar-refractivity contribution in [1.82, 2.24) is 0 Å². The lowest BCUT2D eigenvalue weighted by Gasteiger charge is -2.12. The van der Waals surface area contributed by atoms with Crippen LogP contribution in [0.4, 0.5) is 0 Å². The van der Waals surface area contributed by atoms with Crippen molar-refractivity contribution in [3.8, 4) is 0 Å². The highest BCUT2D eigenvalue weighted by molar-refractivity contribution is 5.76. The van der Waals surface area contributed by atoms with Gasteiger partial charge in [0.05, 0.1) is 0 Å². The molecule has 0 bridgehead atoms. The Bertz CT molecular complexity index is 140. The monoisotopic (exact) mass is 125 g/mol. The molecule has 0 aliphatic heterocycles. The van der Waals surface area contributed by atoms with Crippen molar-refractivity contribution in [2.45, 2.75) is 19.3 Å². The fraction of sp³-hybridized carbons (Fsp3) is 0.571. The van der Waals surface area contributed by atoms with E-state index in [1.165, 1.54) is 0 Å². The molecule has 0 saturated heterocycles. The van der Waals surface area contributed by atoms with E-state index in [-0.39, 0.29) is 11.8 Å². The minimum atomic E-state index is -0.153. The van der Waals surface area contributed by atoms with Crippen LogP contribution in [0.2, 0.25) is 0 Å². The van der Waals surface area contributed by atoms with Crippen LogP contribution in [0, 0.1) is 5.92 Å². The van der Waals surface area contributed by atoms with Crippen LogP contribution in [-0.4, -0.2) is 5.91 Å². The molecule has 2 nitrogen and oxygen atoms in total. The molecule has 1 amide bonds. The number of hydrogen-bond donors (Lipinski definition) is 1. The van der Waals surface area contributed by atoms with Gasteiger partial charge in [-0.05, 0) is 19.3 Å². The molecule has 0 spiro atoms. The van der Waals surface area contributed by atoms with Gasteiger partial charge in [0.1, 0.15) is 0 Å². The van der Waals surface area contributed by atoms with E-state index in [1.807, 2.05) is 6.08 Å². The number of carbonyl (C=O) groups is 1. The molecule has 9 heavy (non-hydrogen) atoms. The highest BCUT2D eigenvalue weighted by Gasteiger charge is 2.14. The molecule has 1 atom stereocenters. The number of rotatable bonds is 1. The van der Waals surface area contributed by atoms with Gasteiger partial charge in [-0.3, -0.25) is 4.79 Å². The van der Waals surface area contributed by atoms with Gasteiger partial charge in [-0.25, -0.2) is 0 Å². The Labute approximate surface area is 54.7 Å². The fourth-order valence-corrected chi connectivity index (χ4v) is 1.05. The fourth-order valence-electron chi connectivity index (χ4n) is 1.05. The van der Waals surface area contributed by atoms with Gasteiger partial charge in [-0.1, -0.05) is 12.2 Å². The van der Waals surface area contributed by atoms with Crippen LogP contribution in [-0.2, 0) is 4.79 Å². The molecule has 2 heteroatoms. The normalized spacial score (nSPS) is 26.0. The summed E-state index contributed by atoms with van der Waals surface area (Å²) in [4.78, 5) is 10.5. The zero-order valence-corrected chi connectivity index (χ0v) is 5.34. The Morgan fingerprint density at radius 1 is 1.56 bits per heavy atom. The van der Waals surface area contributed by atoms with Crippen LogP contribution in [0.5, 0.6) is 0 Å². The van der Waals surface area contributed by atoms with Crippen molar-refractivity contribution < 1.29 is 4.79 Å². The second-order valence-electron chi connectivity index (χ2n) is 2.38. The lowest BCUT2D eigenvalue weighted by Crippen LogP contribution is -2.23. The number of hydrogen-bond acceptors (Lipinski definition) is 1. The highest BCUT2D eigenvalue weighted by atomic mass is 16.1. The first-order chi connectivity index (χ1) is 4.30. The van der Waals surface area contributed by atoms with Crippen molar-refractivity contribution in [1.29, 1.82) is 0 Å². The SMILES string of the molecule is NC(=O)[C@@H]1CC=CCC1. The zero-order valence-electron chi connectivity index (χ0n) is 5.34. The molecule has 1 aliphatic carbocycles. The summed E-state index contributed by atoms with van der Waals surface area (Å²) in [7, 11) is 0. The van der Waals surface area contributed by atoms with Crippen LogP contribution in [0.1, 0.15) is 19.3 Å². The van der Waals surface area contributed by atoms with Gasteiger partial charge < -0.3 is 5.73 Å². The summed E-state index contributed by atoms with van der Waals surface area (Å²) in [6.07, 6.45) is 6.91. The summed E-state index contributed by atoms with van der Waals surface area (Å²) in [5, 5.41) is 0. The number of allylic oxidation sites excluding steroid dienone is 2. The lowest BCUT2D eigenvalue weighted by molar-refractivity contribution is -0.121. The van der Waals surface area contributed by atoms with E-state index < -0.39 is 0 Å². The second-order valence-corrected chi connectivity index (χ2v) is 2.38. The van der Waals surface area contributed by atoms with E-state index in [9.17, 15) is 4.79 Å². The van der Waals surface area contributed by atoms with Crippen molar-refractivity contribution in [2.24, 2.45) is 11.7 Å². The average molecular weight is 125 g/mol. The first-order valence-electron chi connectivity index (χ1n) is 3.25. The molecule has 1 rings (SSSR count). The molecule has 0 radical (unpaired) electrons.